The molecule has 3 aromatic rings. The third-order valence-electron chi connectivity index (χ3n) is 4.41. The molecule has 0 radical (unpaired) electrons. The molecule has 0 saturated carbocycles. The molecule has 0 amide bonds. The van der Waals surface area contributed by atoms with E-state index in [1.165, 1.54) is 5.56 Å². The normalized spacial score (nSPS) is 12.2. The van der Waals surface area contributed by atoms with Gasteiger partial charge in [0.15, 0.2) is 0 Å². The van der Waals surface area contributed by atoms with Gasteiger partial charge in [0.2, 0.25) is 0 Å². The predicted molar refractivity (Wildman–Crippen MR) is 104 cm³/mol. The van der Waals surface area contributed by atoms with Crippen LogP contribution < -0.4 is 23.1 Å². The number of rotatable bonds is 5. The third-order valence-corrected chi connectivity index (χ3v) is 7.65. The number of hydrogen-bond acceptors (Lipinski definition) is 4. The molecule has 26 heavy (non-hydrogen) atoms. The monoisotopic (exact) mass is 421 g/mol. The Morgan fingerprint density at radius 3 is 2.04 bits per heavy atom. The molecule has 0 bridgehead atoms. The van der Waals surface area contributed by atoms with Crippen molar-refractivity contribution in [2.45, 2.75) is 20.8 Å². The first-order chi connectivity index (χ1) is 12.4. The number of nitrogens with one attached hydrogen (secondary N) is 1. The number of ether oxygens (including phenoxy) is 3. The van der Waals surface area contributed by atoms with Crippen molar-refractivity contribution in [2.24, 2.45) is 0 Å². The van der Waals surface area contributed by atoms with Crippen molar-refractivity contribution in [2.75, 3.05) is 21.3 Å². The van der Waals surface area contributed by atoms with Gasteiger partial charge in [-0.1, -0.05) is 0 Å². The molecule has 0 aliphatic rings. The van der Waals surface area contributed by atoms with Gasteiger partial charge >= 0.3 is 157 Å². The number of H-pyrrole nitrogens is 1. The van der Waals surface area contributed by atoms with Crippen LogP contribution >= 0.6 is 0 Å². The molecule has 0 aliphatic carbocycles. The molecule has 0 spiro atoms. The molecule has 3 rings (SSSR count). The molecule has 0 aliphatic heterocycles. The summed E-state index contributed by atoms with van der Waals surface area (Å²) in [5.41, 5.74) is 4.25. The number of aromatic amines is 1. The maximum atomic E-state index is 13.6. The molecule has 2 aromatic carbocycles. The quantitative estimate of drug-likeness (QED) is 0.645. The van der Waals surface area contributed by atoms with Gasteiger partial charge in [-0.05, 0) is 0 Å². The van der Waals surface area contributed by atoms with E-state index in [4.69, 9.17) is 14.2 Å². The summed E-state index contributed by atoms with van der Waals surface area (Å²) >= 11 is -2.55. The molecule has 138 valence electrons. The van der Waals surface area contributed by atoms with Crippen LogP contribution in [0.1, 0.15) is 16.8 Å². The molecular formula is C20H23NO4Se. The second kappa shape index (κ2) is 7.14. The zero-order valence-corrected chi connectivity index (χ0v) is 17.6. The number of benzene rings is 2. The van der Waals surface area contributed by atoms with E-state index in [0.717, 1.165) is 26.6 Å². The summed E-state index contributed by atoms with van der Waals surface area (Å²) in [6, 6.07) is 7.77. The van der Waals surface area contributed by atoms with Gasteiger partial charge in [0.1, 0.15) is 0 Å². The van der Waals surface area contributed by atoms with Crippen LogP contribution in [0.2, 0.25) is 0 Å². The van der Waals surface area contributed by atoms with E-state index in [1.807, 2.05) is 6.92 Å². The van der Waals surface area contributed by atoms with Crippen molar-refractivity contribution in [3.63, 3.8) is 0 Å². The van der Waals surface area contributed by atoms with Gasteiger partial charge in [-0.15, -0.1) is 0 Å². The van der Waals surface area contributed by atoms with Crippen molar-refractivity contribution in [1.82, 2.24) is 4.98 Å². The van der Waals surface area contributed by atoms with Gasteiger partial charge in [-0.3, -0.25) is 0 Å². The van der Waals surface area contributed by atoms with Crippen LogP contribution in [0.4, 0.5) is 0 Å². The summed E-state index contributed by atoms with van der Waals surface area (Å²) in [6.45, 7) is 6.09. The van der Waals surface area contributed by atoms with Crippen LogP contribution in [0.25, 0.3) is 10.9 Å². The summed E-state index contributed by atoms with van der Waals surface area (Å²) < 4.78 is 31.3. The van der Waals surface area contributed by atoms with Gasteiger partial charge in [-0.25, -0.2) is 0 Å². The average molecular weight is 420 g/mol. The van der Waals surface area contributed by atoms with Gasteiger partial charge in [0, 0.05) is 0 Å². The van der Waals surface area contributed by atoms with E-state index in [2.05, 4.69) is 31.0 Å². The third kappa shape index (κ3) is 3.00. The first kappa shape index (κ1) is 18.5. The molecule has 0 saturated heterocycles. The molecule has 1 unspecified atom stereocenters. The van der Waals surface area contributed by atoms with Crippen LogP contribution in [0, 0.1) is 20.8 Å². The van der Waals surface area contributed by atoms with Crippen LogP contribution in [0.3, 0.4) is 0 Å². The van der Waals surface area contributed by atoms with E-state index in [-0.39, 0.29) is 0 Å². The first-order valence-corrected chi connectivity index (χ1v) is 10.6. The van der Waals surface area contributed by atoms with Crippen LogP contribution in [-0.4, -0.2) is 40.1 Å². The summed E-state index contributed by atoms with van der Waals surface area (Å²) in [7, 11) is 4.68. The molecule has 1 aromatic heterocycles. The minimum absolute atomic E-state index is 0.500. The van der Waals surface area contributed by atoms with Gasteiger partial charge in [0.25, 0.3) is 0 Å². The summed E-state index contributed by atoms with van der Waals surface area (Å²) in [4.78, 5) is 3.38. The minimum atomic E-state index is -2.55. The maximum absolute atomic E-state index is 13.6. The van der Waals surface area contributed by atoms with Gasteiger partial charge in [-0.2, -0.15) is 0 Å². The van der Waals surface area contributed by atoms with Crippen molar-refractivity contribution in [1.29, 1.82) is 0 Å². The Balaban J connectivity index is 2.22. The Labute approximate surface area is 157 Å². The number of fused-ring (bicyclic) bond motifs is 1. The summed E-state index contributed by atoms with van der Waals surface area (Å²) in [6.07, 6.45) is 0. The van der Waals surface area contributed by atoms with E-state index in [0.29, 0.717) is 21.7 Å². The number of hydrogen-bond donors (Lipinski definition) is 1. The van der Waals surface area contributed by atoms with Crippen LogP contribution in [-0.2, 0) is 3.83 Å². The Morgan fingerprint density at radius 1 is 0.885 bits per heavy atom. The number of aryl methyl sites for hydroxylation is 3. The van der Waals surface area contributed by atoms with Crippen molar-refractivity contribution < 1.29 is 18.0 Å². The summed E-state index contributed by atoms with van der Waals surface area (Å²) in [5.74, 6) is 1.52. The Kier molecular flexibility index (Phi) is 5.08. The molecule has 1 atom stereocenters. The van der Waals surface area contributed by atoms with E-state index in [9.17, 15) is 3.83 Å². The van der Waals surface area contributed by atoms with Crippen LogP contribution in [0.15, 0.2) is 24.3 Å². The Morgan fingerprint density at radius 2 is 1.50 bits per heavy atom. The van der Waals surface area contributed by atoms with E-state index < -0.39 is 13.8 Å². The zero-order chi connectivity index (χ0) is 19.0. The number of methoxy groups -OCH3 is 3. The second-order valence-electron chi connectivity index (χ2n) is 6.21. The zero-order valence-electron chi connectivity index (χ0n) is 15.9. The van der Waals surface area contributed by atoms with Gasteiger partial charge < -0.3 is 0 Å². The van der Waals surface area contributed by atoms with E-state index in [1.54, 1.807) is 33.5 Å². The Bertz CT molecular complexity index is 982. The standard InChI is InChI=1S/C20H23NO4Se/c1-11-7-12(2)18-15(8-11)21-13(3)20(18)26(22)14-9-16(23-4)19(25-6)17(10-14)24-5/h7-10,21H,1-6H3. The SMILES string of the molecule is COc1cc([Se](=O)c2c(C)[nH]c3cc(C)cc(C)c23)cc(OC)c1OC. The van der Waals surface area contributed by atoms with E-state index >= 15 is 0 Å². The topological polar surface area (TPSA) is 60.6 Å². The molecule has 6 heteroatoms. The average Bonchev–Trinajstić information content (AvgIpc) is 2.95. The predicted octanol–water partition coefficient (Wildman–Crippen LogP) is 2.66. The molecule has 5 nitrogen and oxygen atoms in total. The summed E-state index contributed by atoms with van der Waals surface area (Å²) in [5, 5.41) is 1.04. The molecule has 0 fully saturated rings. The Hall–Kier alpha value is -2.30. The first-order valence-electron chi connectivity index (χ1n) is 8.22. The van der Waals surface area contributed by atoms with Crippen molar-refractivity contribution in [3.8, 4) is 17.2 Å². The van der Waals surface area contributed by atoms with Gasteiger partial charge in [0.05, 0.1) is 0 Å². The second-order valence-corrected chi connectivity index (χ2v) is 9.19. The fraction of sp³-hybridized carbons (Fsp3) is 0.300. The molecule has 1 heterocycles. The van der Waals surface area contributed by atoms with Crippen molar-refractivity contribution >= 4 is 33.7 Å². The fourth-order valence-corrected chi connectivity index (χ4v) is 6.37. The fourth-order valence-electron chi connectivity index (χ4n) is 3.33. The molecule has 1 N–H and O–H groups in total. The number of aromatic nitrogens is 1. The van der Waals surface area contributed by atoms with Crippen LogP contribution in [0.5, 0.6) is 17.2 Å². The van der Waals surface area contributed by atoms with Crippen molar-refractivity contribution in [3.05, 3.63) is 41.1 Å². The molecular weight excluding hydrogens is 397 g/mol.